The minimum Gasteiger partial charge on any atom is -0.417 e. The molecule has 18 heavy (non-hydrogen) atoms. The lowest BCUT2D eigenvalue weighted by atomic mass is 10.2. The molecular formula is C13H15N3O2. The van der Waals surface area contributed by atoms with Crippen LogP contribution in [0.15, 0.2) is 28.7 Å². The van der Waals surface area contributed by atoms with Gasteiger partial charge in [0.2, 0.25) is 5.89 Å². The number of rotatable bonds is 3. The number of anilines is 1. The van der Waals surface area contributed by atoms with E-state index in [1.165, 1.54) is 0 Å². The van der Waals surface area contributed by atoms with Gasteiger partial charge < -0.3 is 9.73 Å². The van der Waals surface area contributed by atoms with Crippen LogP contribution in [0.3, 0.4) is 0 Å². The molecule has 0 spiro atoms. The minimum absolute atomic E-state index is 0.0146. The molecule has 0 bridgehead atoms. The van der Waals surface area contributed by atoms with E-state index in [0.29, 0.717) is 11.6 Å². The van der Waals surface area contributed by atoms with Crippen LogP contribution in [0.5, 0.6) is 0 Å². The van der Waals surface area contributed by atoms with Crippen molar-refractivity contribution in [1.82, 2.24) is 10.2 Å². The molecule has 5 heteroatoms. The molecule has 1 aromatic carbocycles. The molecule has 0 unspecified atom stereocenters. The number of aromatic nitrogens is 2. The average molecular weight is 245 g/mol. The summed E-state index contributed by atoms with van der Waals surface area (Å²) in [5.74, 6) is 0.167. The quantitative estimate of drug-likeness (QED) is 0.902. The van der Waals surface area contributed by atoms with Crippen LogP contribution >= 0.6 is 0 Å². The van der Waals surface area contributed by atoms with Crippen LogP contribution in [0, 0.1) is 6.92 Å². The molecule has 0 radical (unpaired) electrons. The minimum atomic E-state index is -0.391. The molecule has 0 atom stereocenters. The summed E-state index contributed by atoms with van der Waals surface area (Å²) in [6, 6.07) is 7.49. The van der Waals surface area contributed by atoms with Crippen LogP contribution < -0.4 is 5.32 Å². The largest absolute Gasteiger partial charge is 0.417 e. The summed E-state index contributed by atoms with van der Waals surface area (Å²) in [5.41, 5.74) is 1.84. The predicted octanol–water partition coefficient (Wildman–Crippen LogP) is 2.75. The zero-order valence-electron chi connectivity index (χ0n) is 10.6. The van der Waals surface area contributed by atoms with Gasteiger partial charge in [0.25, 0.3) is 0 Å². The highest BCUT2D eigenvalue weighted by Gasteiger charge is 2.16. The molecule has 1 amide bonds. The van der Waals surface area contributed by atoms with Gasteiger partial charge in [0, 0.05) is 11.6 Å². The Labute approximate surface area is 105 Å². The van der Waals surface area contributed by atoms with E-state index in [0.717, 1.165) is 5.56 Å². The van der Waals surface area contributed by atoms with Crippen molar-refractivity contribution in [3.05, 3.63) is 41.6 Å². The highest BCUT2D eigenvalue weighted by Crippen LogP contribution is 2.14. The van der Waals surface area contributed by atoms with Crippen molar-refractivity contribution in [3.63, 3.8) is 0 Å². The second kappa shape index (κ2) is 5.00. The summed E-state index contributed by atoms with van der Waals surface area (Å²) in [6.45, 7) is 5.84. The average Bonchev–Trinajstić information content (AvgIpc) is 2.81. The second-order valence-electron chi connectivity index (χ2n) is 4.42. The van der Waals surface area contributed by atoms with Gasteiger partial charge in [-0.25, -0.2) is 0 Å². The van der Waals surface area contributed by atoms with E-state index < -0.39 is 5.91 Å². The maximum Gasteiger partial charge on any atom is 0.313 e. The normalized spacial score (nSPS) is 10.7. The molecule has 0 aliphatic carbocycles. The van der Waals surface area contributed by atoms with Gasteiger partial charge in [-0.2, -0.15) is 0 Å². The van der Waals surface area contributed by atoms with E-state index in [2.05, 4.69) is 15.5 Å². The van der Waals surface area contributed by atoms with Crippen molar-refractivity contribution in [2.24, 2.45) is 0 Å². The Morgan fingerprint density at radius 1 is 1.22 bits per heavy atom. The lowest BCUT2D eigenvalue weighted by Crippen LogP contribution is -2.12. The number of carbonyl (C=O) groups excluding carboxylic acids is 1. The van der Waals surface area contributed by atoms with Gasteiger partial charge in [0.1, 0.15) is 0 Å². The van der Waals surface area contributed by atoms with Gasteiger partial charge in [-0.3, -0.25) is 4.79 Å². The molecular weight excluding hydrogens is 230 g/mol. The zero-order valence-corrected chi connectivity index (χ0v) is 10.6. The number of aryl methyl sites for hydroxylation is 1. The Kier molecular flexibility index (Phi) is 3.41. The van der Waals surface area contributed by atoms with Crippen molar-refractivity contribution in [1.29, 1.82) is 0 Å². The smallest absolute Gasteiger partial charge is 0.313 e. The SMILES string of the molecule is Cc1ccc(NC(=O)c2nnc(C(C)C)o2)cc1. The number of nitrogens with one attached hydrogen (secondary N) is 1. The van der Waals surface area contributed by atoms with E-state index in [1.54, 1.807) is 0 Å². The fourth-order valence-corrected chi connectivity index (χ4v) is 1.38. The monoisotopic (exact) mass is 245 g/mol. The molecule has 1 heterocycles. The number of hydrogen-bond donors (Lipinski definition) is 1. The zero-order chi connectivity index (χ0) is 13.1. The van der Waals surface area contributed by atoms with E-state index in [4.69, 9.17) is 4.42 Å². The Balaban J connectivity index is 2.09. The lowest BCUT2D eigenvalue weighted by molar-refractivity contribution is 0.0988. The first-order valence-corrected chi connectivity index (χ1v) is 5.77. The van der Waals surface area contributed by atoms with Gasteiger partial charge in [0.15, 0.2) is 0 Å². The molecule has 2 aromatic rings. The summed E-state index contributed by atoms with van der Waals surface area (Å²) in [7, 11) is 0. The van der Waals surface area contributed by atoms with E-state index in [1.807, 2.05) is 45.0 Å². The number of hydrogen-bond acceptors (Lipinski definition) is 4. The molecule has 1 aromatic heterocycles. The summed E-state index contributed by atoms with van der Waals surface area (Å²) in [6.07, 6.45) is 0. The molecule has 0 aliphatic heterocycles. The van der Waals surface area contributed by atoms with Crippen LogP contribution in [0.25, 0.3) is 0 Å². The number of benzene rings is 1. The Bertz CT molecular complexity index is 544. The van der Waals surface area contributed by atoms with Crippen molar-refractivity contribution >= 4 is 11.6 Å². The van der Waals surface area contributed by atoms with Gasteiger partial charge in [-0.1, -0.05) is 31.5 Å². The Hall–Kier alpha value is -2.17. The fraction of sp³-hybridized carbons (Fsp3) is 0.308. The summed E-state index contributed by atoms with van der Waals surface area (Å²) < 4.78 is 5.27. The Morgan fingerprint density at radius 3 is 2.44 bits per heavy atom. The molecule has 0 aliphatic rings. The van der Waals surface area contributed by atoms with Crippen molar-refractivity contribution in [2.45, 2.75) is 26.7 Å². The van der Waals surface area contributed by atoms with Gasteiger partial charge in [0.05, 0.1) is 0 Å². The maximum absolute atomic E-state index is 11.8. The number of carbonyl (C=O) groups is 1. The van der Waals surface area contributed by atoms with E-state index >= 15 is 0 Å². The molecule has 5 nitrogen and oxygen atoms in total. The van der Waals surface area contributed by atoms with Crippen molar-refractivity contribution in [3.8, 4) is 0 Å². The van der Waals surface area contributed by atoms with Crippen molar-refractivity contribution in [2.75, 3.05) is 5.32 Å². The number of nitrogens with zero attached hydrogens (tertiary/aromatic N) is 2. The van der Waals surface area contributed by atoms with Crippen LogP contribution in [-0.2, 0) is 0 Å². The summed E-state index contributed by atoms with van der Waals surface area (Å²) in [5, 5.41) is 10.2. The Morgan fingerprint density at radius 2 is 1.89 bits per heavy atom. The van der Waals surface area contributed by atoms with Crippen molar-refractivity contribution < 1.29 is 9.21 Å². The molecule has 0 fully saturated rings. The second-order valence-corrected chi connectivity index (χ2v) is 4.42. The molecule has 2 rings (SSSR count). The standard InChI is InChI=1S/C13H15N3O2/c1-8(2)12-15-16-13(18-12)11(17)14-10-6-4-9(3)5-7-10/h4-8H,1-3H3,(H,14,17). The maximum atomic E-state index is 11.8. The third-order valence-corrected chi connectivity index (χ3v) is 2.44. The predicted molar refractivity (Wildman–Crippen MR) is 67.5 cm³/mol. The van der Waals surface area contributed by atoms with Gasteiger partial charge in [-0.05, 0) is 19.1 Å². The van der Waals surface area contributed by atoms with Crippen LogP contribution in [0.2, 0.25) is 0 Å². The lowest BCUT2D eigenvalue weighted by Gasteiger charge is -2.02. The van der Waals surface area contributed by atoms with Gasteiger partial charge >= 0.3 is 11.8 Å². The topological polar surface area (TPSA) is 68.0 Å². The fourth-order valence-electron chi connectivity index (χ4n) is 1.38. The van der Waals surface area contributed by atoms with Crippen LogP contribution in [0.1, 0.15) is 41.9 Å². The van der Waals surface area contributed by atoms with Crippen LogP contribution in [0.4, 0.5) is 5.69 Å². The molecule has 94 valence electrons. The molecule has 0 saturated carbocycles. The highest BCUT2D eigenvalue weighted by atomic mass is 16.4. The van der Waals surface area contributed by atoms with Crippen LogP contribution in [-0.4, -0.2) is 16.1 Å². The first-order valence-electron chi connectivity index (χ1n) is 5.77. The summed E-state index contributed by atoms with van der Waals surface area (Å²) in [4.78, 5) is 11.8. The molecule has 0 saturated heterocycles. The first-order chi connectivity index (χ1) is 8.56. The number of amides is 1. The highest BCUT2D eigenvalue weighted by molar-refractivity contribution is 6.00. The third-order valence-electron chi connectivity index (χ3n) is 2.44. The van der Waals surface area contributed by atoms with Gasteiger partial charge in [-0.15, -0.1) is 10.2 Å². The first kappa shape index (κ1) is 12.3. The molecule has 1 N–H and O–H groups in total. The summed E-state index contributed by atoms with van der Waals surface area (Å²) >= 11 is 0. The van der Waals surface area contributed by atoms with E-state index in [-0.39, 0.29) is 11.8 Å². The third kappa shape index (κ3) is 2.74. The van der Waals surface area contributed by atoms with E-state index in [9.17, 15) is 4.79 Å².